The average molecular weight is 410 g/mol. The highest BCUT2D eigenvalue weighted by molar-refractivity contribution is 7.98. The predicted molar refractivity (Wildman–Crippen MR) is 114 cm³/mol. The first-order chi connectivity index (χ1) is 14.0. The van der Waals surface area contributed by atoms with Crippen molar-refractivity contribution >= 4 is 40.9 Å². The van der Waals surface area contributed by atoms with Gasteiger partial charge in [0.2, 0.25) is 11.6 Å². The SMILES string of the molecule is CCCN1C(=O)c2ccccc2N2C(=O)CCC12C(=O)Nc1cccc(SC)c1. The maximum atomic E-state index is 13.7. The van der Waals surface area contributed by atoms with Gasteiger partial charge in [0.1, 0.15) is 0 Å². The number of nitrogens with zero attached hydrogens (tertiary/aromatic N) is 2. The van der Waals surface area contributed by atoms with Crippen LogP contribution in [0, 0.1) is 0 Å². The van der Waals surface area contributed by atoms with Crippen molar-refractivity contribution in [1.82, 2.24) is 4.90 Å². The van der Waals surface area contributed by atoms with Crippen molar-refractivity contribution in [2.24, 2.45) is 0 Å². The van der Waals surface area contributed by atoms with Gasteiger partial charge in [-0.25, -0.2) is 0 Å². The van der Waals surface area contributed by atoms with Crippen molar-refractivity contribution in [3.63, 3.8) is 0 Å². The Bertz CT molecular complexity index is 993. The number of carbonyl (C=O) groups is 3. The minimum atomic E-state index is -1.34. The molecule has 0 aliphatic carbocycles. The smallest absolute Gasteiger partial charge is 0.271 e. The van der Waals surface area contributed by atoms with Gasteiger partial charge in [0.15, 0.2) is 0 Å². The van der Waals surface area contributed by atoms with E-state index in [9.17, 15) is 14.4 Å². The Morgan fingerprint density at radius 1 is 1.17 bits per heavy atom. The highest BCUT2D eigenvalue weighted by Gasteiger charge is 2.60. The largest absolute Gasteiger partial charge is 0.322 e. The second kappa shape index (κ2) is 7.55. The molecule has 2 heterocycles. The molecular formula is C22H23N3O3S. The lowest BCUT2D eigenvalue weighted by molar-refractivity contribution is -0.128. The molecule has 1 atom stereocenters. The lowest BCUT2D eigenvalue weighted by Crippen LogP contribution is -2.69. The molecule has 2 aliphatic rings. The van der Waals surface area contributed by atoms with Crippen LogP contribution in [0.15, 0.2) is 53.4 Å². The van der Waals surface area contributed by atoms with Gasteiger partial charge < -0.3 is 10.2 Å². The monoisotopic (exact) mass is 409 g/mol. The molecule has 1 unspecified atom stereocenters. The molecule has 4 rings (SSSR count). The number of benzene rings is 2. The molecule has 1 saturated heterocycles. The number of amides is 3. The van der Waals surface area contributed by atoms with Crippen LogP contribution in [0.2, 0.25) is 0 Å². The van der Waals surface area contributed by atoms with Crippen LogP contribution in [0.1, 0.15) is 36.5 Å². The van der Waals surface area contributed by atoms with Gasteiger partial charge in [0.25, 0.3) is 11.8 Å². The molecule has 2 aromatic rings. The van der Waals surface area contributed by atoms with Gasteiger partial charge in [-0.2, -0.15) is 0 Å². The summed E-state index contributed by atoms with van der Waals surface area (Å²) in [6.45, 7) is 2.36. The van der Waals surface area contributed by atoms with Crippen molar-refractivity contribution in [3.05, 3.63) is 54.1 Å². The Labute approximate surface area is 174 Å². The van der Waals surface area contributed by atoms with Gasteiger partial charge in [-0.1, -0.05) is 25.1 Å². The van der Waals surface area contributed by atoms with Crippen LogP contribution >= 0.6 is 11.8 Å². The van der Waals surface area contributed by atoms with E-state index in [0.29, 0.717) is 29.9 Å². The van der Waals surface area contributed by atoms with E-state index in [1.807, 2.05) is 37.4 Å². The number of anilines is 2. The fourth-order valence-electron chi connectivity index (χ4n) is 4.24. The Hall–Kier alpha value is -2.80. The van der Waals surface area contributed by atoms with Crippen LogP contribution < -0.4 is 10.2 Å². The predicted octanol–water partition coefficient (Wildman–Crippen LogP) is 3.74. The van der Waals surface area contributed by atoms with Gasteiger partial charge in [-0.3, -0.25) is 19.3 Å². The second-order valence-corrected chi connectivity index (χ2v) is 8.09. The Morgan fingerprint density at radius 2 is 1.97 bits per heavy atom. The van der Waals surface area contributed by atoms with E-state index in [1.54, 1.807) is 40.9 Å². The number of thioether (sulfide) groups is 1. The molecule has 1 N–H and O–H groups in total. The first-order valence-electron chi connectivity index (χ1n) is 9.72. The lowest BCUT2D eigenvalue weighted by atomic mass is 9.95. The summed E-state index contributed by atoms with van der Waals surface area (Å²) in [6, 6.07) is 14.6. The second-order valence-electron chi connectivity index (χ2n) is 7.21. The van der Waals surface area contributed by atoms with Crippen molar-refractivity contribution in [2.75, 3.05) is 23.0 Å². The summed E-state index contributed by atoms with van der Waals surface area (Å²) in [5.74, 6) is -0.696. The Balaban J connectivity index is 1.82. The fraction of sp³-hybridized carbons (Fsp3) is 0.318. The van der Waals surface area contributed by atoms with Gasteiger partial charge in [0.05, 0.1) is 11.3 Å². The van der Waals surface area contributed by atoms with Crippen LogP contribution in [0.25, 0.3) is 0 Å². The topological polar surface area (TPSA) is 69.7 Å². The molecule has 29 heavy (non-hydrogen) atoms. The molecule has 3 amide bonds. The van der Waals surface area contributed by atoms with E-state index in [0.717, 1.165) is 4.90 Å². The summed E-state index contributed by atoms with van der Waals surface area (Å²) in [7, 11) is 0. The van der Waals surface area contributed by atoms with E-state index < -0.39 is 5.66 Å². The van der Waals surface area contributed by atoms with Crippen molar-refractivity contribution < 1.29 is 14.4 Å². The molecule has 150 valence electrons. The number of para-hydroxylation sites is 1. The summed E-state index contributed by atoms with van der Waals surface area (Å²) in [5.41, 5.74) is 0.288. The first kappa shape index (κ1) is 19.5. The van der Waals surface area contributed by atoms with E-state index in [4.69, 9.17) is 0 Å². The van der Waals surface area contributed by atoms with E-state index >= 15 is 0 Å². The Morgan fingerprint density at radius 3 is 2.72 bits per heavy atom. The molecule has 6 nitrogen and oxygen atoms in total. The van der Waals surface area contributed by atoms with E-state index in [2.05, 4.69) is 5.32 Å². The summed E-state index contributed by atoms with van der Waals surface area (Å²) >= 11 is 1.58. The zero-order valence-electron chi connectivity index (χ0n) is 16.5. The van der Waals surface area contributed by atoms with Gasteiger partial charge in [-0.05, 0) is 43.0 Å². The van der Waals surface area contributed by atoms with E-state index in [1.165, 1.54) is 4.90 Å². The first-order valence-corrected chi connectivity index (χ1v) is 10.9. The third-order valence-electron chi connectivity index (χ3n) is 5.51. The molecule has 7 heteroatoms. The number of rotatable bonds is 5. The number of hydrogen-bond donors (Lipinski definition) is 1. The highest BCUT2D eigenvalue weighted by Crippen LogP contribution is 2.45. The summed E-state index contributed by atoms with van der Waals surface area (Å²) in [5, 5.41) is 2.97. The van der Waals surface area contributed by atoms with E-state index in [-0.39, 0.29) is 30.6 Å². The summed E-state index contributed by atoms with van der Waals surface area (Å²) in [6.07, 6.45) is 3.16. The maximum absolute atomic E-state index is 13.7. The summed E-state index contributed by atoms with van der Waals surface area (Å²) < 4.78 is 0. The van der Waals surface area contributed by atoms with Gasteiger partial charge >= 0.3 is 0 Å². The lowest BCUT2D eigenvalue weighted by Gasteiger charge is -2.49. The van der Waals surface area contributed by atoms with Crippen LogP contribution in [0.5, 0.6) is 0 Å². The van der Waals surface area contributed by atoms with Crippen LogP contribution in [-0.2, 0) is 9.59 Å². The minimum absolute atomic E-state index is 0.140. The maximum Gasteiger partial charge on any atom is 0.271 e. The normalized spacial score (nSPS) is 20.5. The number of carbonyl (C=O) groups excluding carboxylic acids is 3. The number of hydrogen-bond acceptors (Lipinski definition) is 4. The third-order valence-corrected chi connectivity index (χ3v) is 6.24. The summed E-state index contributed by atoms with van der Waals surface area (Å²) in [4.78, 5) is 44.0. The van der Waals surface area contributed by atoms with Crippen molar-refractivity contribution in [2.45, 2.75) is 36.7 Å². The molecule has 0 saturated carbocycles. The van der Waals surface area contributed by atoms with Crippen LogP contribution in [-0.4, -0.2) is 41.1 Å². The molecule has 0 radical (unpaired) electrons. The van der Waals surface area contributed by atoms with Gasteiger partial charge in [0, 0.05) is 30.0 Å². The van der Waals surface area contributed by atoms with Crippen LogP contribution in [0.3, 0.4) is 0 Å². The minimum Gasteiger partial charge on any atom is -0.322 e. The molecule has 0 bridgehead atoms. The zero-order chi connectivity index (χ0) is 20.6. The molecule has 2 aliphatic heterocycles. The fourth-order valence-corrected chi connectivity index (χ4v) is 4.70. The third kappa shape index (κ3) is 3.00. The zero-order valence-corrected chi connectivity index (χ0v) is 17.3. The van der Waals surface area contributed by atoms with Crippen molar-refractivity contribution in [3.8, 4) is 0 Å². The van der Waals surface area contributed by atoms with Crippen molar-refractivity contribution in [1.29, 1.82) is 0 Å². The highest BCUT2D eigenvalue weighted by atomic mass is 32.2. The molecule has 0 spiro atoms. The molecular weight excluding hydrogens is 386 g/mol. The molecule has 0 aromatic heterocycles. The molecule has 1 fully saturated rings. The standard InChI is InChI=1S/C22H23N3O3S/c1-3-13-24-20(27)17-9-4-5-10-18(17)25-19(26)11-12-22(24,25)21(28)23-15-7-6-8-16(14-15)29-2/h4-10,14H,3,11-13H2,1-2H3,(H,23,28). The molecule has 2 aromatic carbocycles. The van der Waals surface area contributed by atoms with Gasteiger partial charge in [-0.15, -0.1) is 11.8 Å². The average Bonchev–Trinajstić information content (AvgIpc) is 3.09. The van der Waals surface area contributed by atoms with Crippen LogP contribution in [0.4, 0.5) is 11.4 Å². The Kier molecular flexibility index (Phi) is 5.08. The quantitative estimate of drug-likeness (QED) is 0.764. The number of nitrogens with one attached hydrogen (secondary N) is 1. The number of fused-ring (bicyclic) bond motifs is 3.